The second-order valence-corrected chi connectivity index (χ2v) is 5.05. The molecule has 1 N–H and O–H groups in total. The first-order valence-electron chi connectivity index (χ1n) is 6.36. The molecule has 1 saturated carbocycles. The van der Waals surface area contributed by atoms with Gasteiger partial charge in [0.15, 0.2) is 0 Å². The van der Waals surface area contributed by atoms with Crippen LogP contribution in [-0.4, -0.2) is 6.04 Å². The van der Waals surface area contributed by atoms with Gasteiger partial charge in [-0.15, -0.1) is 0 Å². The Bertz CT molecular complexity index is 115. The molecule has 0 saturated heterocycles. The second-order valence-electron chi connectivity index (χ2n) is 4.60. The molecule has 0 heterocycles. The van der Waals surface area contributed by atoms with Crippen LogP contribution >= 0.6 is 0 Å². The van der Waals surface area contributed by atoms with Crippen LogP contribution in [0, 0.1) is 0 Å². The standard InChI is InChI=1S/C12H24N.Ti/c13-12-10-8-6-4-2-1-3-5-7-9-11-12;/h12-13H,1-11H2;/q-1;+1. The van der Waals surface area contributed by atoms with Crippen molar-refractivity contribution in [3.63, 3.8) is 0 Å². The molecule has 81 valence electrons. The van der Waals surface area contributed by atoms with Gasteiger partial charge in [-0.3, -0.25) is 0 Å². The van der Waals surface area contributed by atoms with Crippen molar-refractivity contribution >= 4 is 0 Å². The van der Waals surface area contributed by atoms with Crippen molar-refractivity contribution in [2.45, 2.75) is 76.7 Å². The van der Waals surface area contributed by atoms with Gasteiger partial charge in [-0.25, -0.2) is 0 Å². The molecule has 1 aliphatic rings. The van der Waals surface area contributed by atoms with Gasteiger partial charge >= 0.3 is 101 Å². The van der Waals surface area contributed by atoms with Gasteiger partial charge in [-0.1, -0.05) is 0 Å². The maximum absolute atomic E-state index is 3.46. The van der Waals surface area contributed by atoms with Crippen LogP contribution in [-0.2, 0) is 20.7 Å². The molecule has 2 heteroatoms. The van der Waals surface area contributed by atoms with Gasteiger partial charge < -0.3 is 0 Å². The van der Waals surface area contributed by atoms with Crippen LogP contribution in [0.1, 0.15) is 70.6 Å². The molecular weight excluding hydrogens is 206 g/mol. The van der Waals surface area contributed by atoms with Gasteiger partial charge in [-0.2, -0.15) is 0 Å². The second kappa shape index (κ2) is 8.94. The molecule has 1 nitrogen and oxygen atoms in total. The third kappa shape index (κ3) is 6.21. The Labute approximate surface area is 101 Å². The molecule has 1 aliphatic carbocycles. The Balaban J connectivity index is 2.17. The number of nitrogens with one attached hydrogen (secondary N) is 1. The molecule has 0 aromatic heterocycles. The predicted molar refractivity (Wildman–Crippen MR) is 57.7 cm³/mol. The molecule has 0 bridgehead atoms. The molecule has 1 rings (SSSR count). The van der Waals surface area contributed by atoms with Crippen LogP contribution in [0.15, 0.2) is 0 Å². The quantitative estimate of drug-likeness (QED) is 0.677. The van der Waals surface area contributed by atoms with E-state index in [0.29, 0.717) is 0 Å². The Hall–Kier alpha value is 0.674. The zero-order valence-corrected chi connectivity index (χ0v) is 10.9. The van der Waals surface area contributed by atoms with Gasteiger partial charge in [-0.05, 0) is 0 Å². The van der Waals surface area contributed by atoms with Crippen molar-refractivity contribution < 1.29 is 20.7 Å². The van der Waals surface area contributed by atoms with Crippen LogP contribution in [0.25, 0.3) is 0 Å². The summed E-state index contributed by atoms with van der Waals surface area (Å²) in [4.78, 5) is 0. The molecule has 0 atom stereocenters. The van der Waals surface area contributed by atoms with E-state index in [4.69, 9.17) is 0 Å². The van der Waals surface area contributed by atoms with Crippen molar-refractivity contribution in [2.24, 2.45) is 0 Å². The van der Waals surface area contributed by atoms with Gasteiger partial charge in [0.2, 0.25) is 0 Å². The summed E-state index contributed by atoms with van der Waals surface area (Å²) in [7, 11) is 0. The molecular formula is C12H24NTi. The maximum atomic E-state index is 3.46. The Morgan fingerprint density at radius 3 is 1.36 bits per heavy atom. The summed E-state index contributed by atoms with van der Waals surface area (Å²) in [6.07, 6.45) is 16.0. The molecule has 0 spiro atoms. The number of hydrogen-bond acceptors (Lipinski definition) is 1. The molecule has 0 unspecified atom stereocenters. The number of hydrogen-bond donors (Lipinski definition) is 1. The van der Waals surface area contributed by atoms with Gasteiger partial charge in [0, 0.05) is 0 Å². The SMILES string of the molecule is [Ti][NH]C1CCCCCCCCCCC1. The molecule has 1 fully saturated rings. The van der Waals surface area contributed by atoms with E-state index in [1.807, 2.05) is 0 Å². The van der Waals surface area contributed by atoms with E-state index in [0.717, 1.165) is 6.04 Å². The summed E-state index contributed by atoms with van der Waals surface area (Å²) in [6.45, 7) is 0. The minimum atomic E-state index is 0.800. The summed E-state index contributed by atoms with van der Waals surface area (Å²) < 4.78 is 3.46. The molecule has 0 radical (unpaired) electrons. The molecule has 14 heavy (non-hydrogen) atoms. The Morgan fingerprint density at radius 2 is 1.00 bits per heavy atom. The van der Waals surface area contributed by atoms with E-state index in [1.54, 1.807) is 0 Å². The van der Waals surface area contributed by atoms with Crippen molar-refractivity contribution in [3.8, 4) is 0 Å². The van der Waals surface area contributed by atoms with E-state index in [9.17, 15) is 0 Å². The van der Waals surface area contributed by atoms with Crippen LogP contribution in [0.5, 0.6) is 0 Å². The average Bonchev–Trinajstić information content (AvgIpc) is 2.19. The Kier molecular flexibility index (Phi) is 8.14. The first-order chi connectivity index (χ1) is 6.93. The van der Waals surface area contributed by atoms with Crippen molar-refractivity contribution in [2.75, 3.05) is 0 Å². The third-order valence-corrected chi connectivity index (χ3v) is 3.95. The van der Waals surface area contributed by atoms with Crippen LogP contribution < -0.4 is 3.80 Å². The van der Waals surface area contributed by atoms with Gasteiger partial charge in [0.1, 0.15) is 0 Å². The van der Waals surface area contributed by atoms with E-state index in [2.05, 4.69) is 24.5 Å². The zero-order chi connectivity index (χ0) is 10.1. The molecule has 0 amide bonds. The van der Waals surface area contributed by atoms with Crippen LogP contribution in [0.4, 0.5) is 0 Å². The van der Waals surface area contributed by atoms with E-state index in [-0.39, 0.29) is 0 Å². The van der Waals surface area contributed by atoms with Crippen molar-refractivity contribution in [3.05, 3.63) is 0 Å². The monoisotopic (exact) mass is 230 g/mol. The topological polar surface area (TPSA) is 12.0 Å². The van der Waals surface area contributed by atoms with Crippen molar-refractivity contribution in [1.82, 2.24) is 3.80 Å². The summed E-state index contributed by atoms with van der Waals surface area (Å²) in [5.41, 5.74) is 0. The first-order valence-corrected chi connectivity index (χ1v) is 7.14. The van der Waals surface area contributed by atoms with Gasteiger partial charge in [0.25, 0.3) is 0 Å². The molecule has 0 aromatic rings. The van der Waals surface area contributed by atoms with E-state index >= 15 is 0 Å². The fourth-order valence-corrected chi connectivity index (χ4v) is 2.76. The summed E-state index contributed by atoms with van der Waals surface area (Å²) >= 11 is 2.12. The van der Waals surface area contributed by atoms with Crippen LogP contribution in [0.3, 0.4) is 0 Å². The fraction of sp³-hybridized carbons (Fsp3) is 1.00. The van der Waals surface area contributed by atoms with Gasteiger partial charge in [0.05, 0.1) is 0 Å². The van der Waals surface area contributed by atoms with Crippen LogP contribution in [0.2, 0.25) is 0 Å². The summed E-state index contributed by atoms with van der Waals surface area (Å²) in [5.74, 6) is 0. The molecule has 0 aliphatic heterocycles. The fourth-order valence-electron chi connectivity index (χ4n) is 2.31. The third-order valence-electron chi connectivity index (χ3n) is 3.31. The first kappa shape index (κ1) is 12.7. The predicted octanol–water partition coefficient (Wildman–Crippen LogP) is 3.71. The summed E-state index contributed by atoms with van der Waals surface area (Å²) in [5, 5.41) is 0. The van der Waals surface area contributed by atoms with E-state index < -0.39 is 0 Å². The van der Waals surface area contributed by atoms with Crippen molar-refractivity contribution in [1.29, 1.82) is 0 Å². The zero-order valence-electron chi connectivity index (χ0n) is 9.36. The summed E-state index contributed by atoms with van der Waals surface area (Å²) in [6, 6.07) is 0.800. The average molecular weight is 230 g/mol. The molecule has 0 aromatic carbocycles. The minimum absolute atomic E-state index is 0.800. The normalized spacial score (nSPS) is 23.6. The number of rotatable bonds is 1. The Morgan fingerprint density at radius 1 is 0.643 bits per heavy atom. The van der Waals surface area contributed by atoms with E-state index in [1.165, 1.54) is 70.6 Å².